The lowest BCUT2D eigenvalue weighted by Crippen LogP contribution is -2.43. The zero-order chi connectivity index (χ0) is 15.8. The van der Waals surface area contributed by atoms with Gasteiger partial charge < -0.3 is 19.7 Å². The molecule has 23 heavy (non-hydrogen) atoms. The van der Waals surface area contributed by atoms with Crippen LogP contribution in [0.1, 0.15) is 37.5 Å². The molecule has 0 radical (unpaired) electrons. The van der Waals surface area contributed by atoms with Crippen molar-refractivity contribution in [2.24, 2.45) is 5.92 Å². The molecule has 6 heteroatoms. The number of carbonyl (C=O) groups is 1. The van der Waals surface area contributed by atoms with Gasteiger partial charge in [-0.1, -0.05) is 0 Å². The van der Waals surface area contributed by atoms with Crippen molar-refractivity contribution in [3.63, 3.8) is 0 Å². The zero-order valence-electron chi connectivity index (χ0n) is 13.0. The largest absolute Gasteiger partial charge is 0.440 e. The second-order valence-electron chi connectivity index (χ2n) is 6.58. The molecule has 2 aromatic rings. The van der Waals surface area contributed by atoms with E-state index in [0.717, 1.165) is 49.2 Å². The summed E-state index contributed by atoms with van der Waals surface area (Å²) in [6, 6.07) is 5.45. The number of nitrogens with zero attached hydrogens (tertiary/aromatic N) is 2. The van der Waals surface area contributed by atoms with Gasteiger partial charge in [0.1, 0.15) is 5.52 Å². The predicted octanol–water partition coefficient (Wildman–Crippen LogP) is 2.94. The Hall–Kier alpha value is -2.08. The van der Waals surface area contributed by atoms with Crippen LogP contribution in [-0.4, -0.2) is 40.7 Å². The molecule has 0 spiro atoms. The molecule has 1 saturated carbocycles. The van der Waals surface area contributed by atoms with E-state index in [9.17, 15) is 9.90 Å². The molecule has 1 aliphatic heterocycles. The van der Waals surface area contributed by atoms with E-state index in [2.05, 4.69) is 10.3 Å². The molecule has 6 nitrogen and oxygen atoms in total. The van der Waals surface area contributed by atoms with Crippen molar-refractivity contribution in [2.45, 2.75) is 31.6 Å². The highest BCUT2D eigenvalue weighted by Crippen LogP contribution is 2.40. The summed E-state index contributed by atoms with van der Waals surface area (Å²) < 4.78 is 5.79. The lowest BCUT2D eigenvalue weighted by atomic mass is 9.99. The summed E-state index contributed by atoms with van der Waals surface area (Å²) in [6.45, 7) is 1.48. The second kappa shape index (κ2) is 5.85. The molecule has 122 valence electrons. The van der Waals surface area contributed by atoms with Gasteiger partial charge in [0.2, 0.25) is 0 Å². The number of likely N-dealkylation sites (tertiary alicyclic amines) is 1. The quantitative estimate of drug-likeness (QED) is 0.913. The van der Waals surface area contributed by atoms with Crippen LogP contribution < -0.4 is 5.32 Å². The number of hydrogen-bond donors (Lipinski definition) is 2. The van der Waals surface area contributed by atoms with Crippen molar-refractivity contribution in [3.8, 4) is 0 Å². The van der Waals surface area contributed by atoms with Crippen LogP contribution in [0.2, 0.25) is 0 Å². The first-order chi connectivity index (χ1) is 11.2. The fourth-order valence-electron chi connectivity index (χ4n) is 3.13. The van der Waals surface area contributed by atoms with Crippen LogP contribution in [0.5, 0.6) is 0 Å². The van der Waals surface area contributed by atoms with Gasteiger partial charge in [-0.3, -0.25) is 0 Å². The molecule has 1 saturated heterocycles. The first-order valence-electron chi connectivity index (χ1n) is 8.30. The van der Waals surface area contributed by atoms with Crippen LogP contribution in [0.25, 0.3) is 11.1 Å². The number of urea groups is 1. The van der Waals surface area contributed by atoms with E-state index in [0.29, 0.717) is 18.2 Å². The molecule has 1 aromatic heterocycles. The lowest BCUT2D eigenvalue weighted by Gasteiger charge is -2.31. The van der Waals surface area contributed by atoms with E-state index in [4.69, 9.17) is 4.42 Å². The third kappa shape index (κ3) is 3.03. The summed E-state index contributed by atoms with van der Waals surface area (Å²) in [7, 11) is 0. The summed E-state index contributed by atoms with van der Waals surface area (Å²) in [5, 5.41) is 12.2. The van der Waals surface area contributed by atoms with Gasteiger partial charge in [0.05, 0.1) is 0 Å². The standard InChI is InChI=1S/C17H21N3O3/c21-10-11-2-1-7-20(9-11)17(22)18-13-5-6-14-15(8-13)23-16(19-14)12-3-4-12/h5-6,8,11-12,21H,1-4,7,9-10H2,(H,18,22). The van der Waals surface area contributed by atoms with Crippen molar-refractivity contribution in [1.82, 2.24) is 9.88 Å². The van der Waals surface area contributed by atoms with E-state index in [-0.39, 0.29) is 18.6 Å². The number of oxazole rings is 1. The van der Waals surface area contributed by atoms with E-state index in [1.165, 1.54) is 0 Å². The lowest BCUT2D eigenvalue weighted by molar-refractivity contribution is 0.136. The van der Waals surface area contributed by atoms with Crippen LogP contribution in [0.3, 0.4) is 0 Å². The molecule has 2 amide bonds. The number of fused-ring (bicyclic) bond motifs is 1. The van der Waals surface area contributed by atoms with E-state index in [1.807, 2.05) is 18.2 Å². The summed E-state index contributed by atoms with van der Waals surface area (Å²) >= 11 is 0. The maximum absolute atomic E-state index is 12.4. The zero-order valence-corrected chi connectivity index (χ0v) is 13.0. The third-order valence-corrected chi connectivity index (χ3v) is 4.65. The van der Waals surface area contributed by atoms with Crippen LogP contribution in [0.4, 0.5) is 10.5 Å². The van der Waals surface area contributed by atoms with Crippen LogP contribution in [0.15, 0.2) is 22.6 Å². The first kappa shape index (κ1) is 14.5. The molecule has 1 atom stereocenters. The number of aliphatic hydroxyl groups is 1. The Labute approximate surface area is 134 Å². The maximum Gasteiger partial charge on any atom is 0.321 e. The normalized spacial score (nSPS) is 21.6. The minimum absolute atomic E-state index is 0.121. The van der Waals surface area contributed by atoms with Gasteiger partial charge in [0.15, 0.2) is 11.5 Å². The van der Waals surface area contributed by atoms with E-state index < -0.39 is 0 Å². The smallest absolute Gasteiger partial charge is 0.321 e. The van der Waals surface area contributed by atoms with Gasteiger partial charge in [-0.15, -0.1) is 0 Å². The molecular weight excluding hydrogens is 294 g/mol. The number of carbonyl (C=O) groups excluding carboxylic acids is 1. The Morgan fingerprint density at radius 1 is 1.39 bits per heavy atom. The number of aliphatic hydroxyl groups excluding tert-OH is 1. The minimum Gasteiger partial charge on any atom is -0.440 e. The molecule has 0 bridgehead atoms. The fourth-order valence-corrected chi connectivity index (χ4v) is 3.13. The number of nitrogens with one attached hydrogen (secondary N) is 1. The Kier molecular flexibility index (Phi) is 3.69. The summed E-state index contributed by atoms with van der Waals surface area (Å²) in [6.07, 6.45) is 4.22. The fraction of sp³-hybridized carbons (Fsp3) is 0.529. The van der Waals surface area contributed by atoms with Crippen molar-refractivity contribution in [1.29, 1.82) is 0 Å². The van der Waals surface area contributed by atoms with Gasteiger partial charge in [0, 0.05) is 37.4 Å². The number of benzene rings is 1. The Bertz CT molecular complexity index is 723. The van der Waals surface area contributed by atoms with Gasteiger partial charge >= 0.3 is 6.03 Å². The average Bonchev–Trinajstić information content (AvgIpc) is 3.34. The highest BCUT2D eigenvalue weighted by atomic mass is 16.3. The molecule has 1 aromatic carbocycles. The van der Waals surface area contributed by atoms with Crippen LogP contribution >= 0.6 is 0 Å². The highest BCUT2D eigenvalue weighted by Gasteiger charge is 2.29. The number of amides is 2. The van der Waals surface area contributed by atoms with Gasteiger partial charge in [0.25, 0.3) is 0 Å². The van der Waals surface area contributed by atoms with Crippen LogP contribution in [-0.2, 0) is 0 Å². The van der Waals surface area contributed by atoms with Gasteiger partial charge in [-0.2, -0.15) is 0 Å². The number of rotatable bonds is 3. The van der Waals surface area contributed by atoms with E-state index in [1.54, 1.807) is 4.90 Å². The monoisotopic (exact) mass is 315 g/mol. The molecule has 2 aliphatic rings. The highest BCUT2D eigenvalue weighted by molar-refractivity contribution is 5.91. The van der Waals surface area contributed by atoms with Crippen molar-refractivity contribution in [3.05, 3.63) is 24.1 Å². The number of anilines is 1. The molecule has 2 N–H and O–H groups in total. The molecule has 2 heterocycles. The molecule has 1 unspecified atom stereocenters. The molecule has 4 rings (SSSR count). The topological polar surface area (TPSA) is 78.6 Å². The summed E-state index contributed by atoms with van der Waals surface area (Å²) in [5.74, 6) is 1.47. The Morgan fingerprint density at radius 2 is 2.26 bits per heavy atom. The third-order valence-electron chi connectivity index (χ3n) is 4.65. The minimum atomic E-state index is -0.121. The van der Waals surface area contributed by atoms with E-state index >= 15 is 0 Å². The number of piperidine rings is 1. The first-order valence-corrected chi connectivity index (χ1v) is 8.30. The SMILES string of the molecule is O=C(Nc1ccc2nc(C3CC3)oc2c1)N1CCCC(CO)C1. The number of hydrogen-bond acceptors (Lipinski definition) is 4. The van der Waals surface area contributed by atoms with Crippen molar-refractivity contribution < 1.29 is 14.3 Å². The van der Waals surface area contributed by atoms with Crippen LogP contribution in [0, 0.1) is 5.92 Å². The Morgan fingerprint density at radius 3 is 3.04 bits per heavy atom. The summed E-state index contributed by atoms with van der Waals surface area (Å²) in [5.41, 5.74) is 2.27. The number of aromatic nitrogens is 1. The summed E-state index contributed by atoms with van der Waals surface area (Å²) in [4.78, 5) is 18.6. The van der Waals surface area contributed by atoms with Crippen molar-refractivity contribution >= 4 is 22.8 Å². The molecule has 1 aliphatic carbocycles. The molecular formula is C17H21N3O3. The molecule has 2 fully saturated rings. The second-order valence-corrected chi connectivity index (χ2v) is 6.58. The predicted molar refractivity (Wildman–Crippen MR) is 86.4 cm³/mol. The van der Waals surface area contributed by atoms with Gasteiger partial charge in [-0.05, 0) is 43.7 Å². The average molecular weight is 315 g/mol. The van der Waals surface area contributed by atoms with Gasteiger partial charge in [-0.25, -0.2) is 9.78 Å². The Balaban J connectivity index is 1.47. The maximum atomic E-state index is 12.4. The van der Waals surface area contributed by atoms with Crippen molar-refractivity contribution in [2.75, 3.05) is 25.0 Å².